The predicted molar refractivity (Wildman–Crippen MR) is 77.7 cm³/mol. The summed E-state index contributed by atoms with van der Waals surface area (Å²) >= 11 is 0. The maximum atomic E-state index is 11.2. The lowest BCUT2D eigenvalue weighted by molar-refractivity contribution is -0.143. The Labute approximate surface area is 112 Å². The summed E-state index contributed by atoms with van der Waals surface area (Å²) in [6.45, 7) is 8.50. The van der Waals surface area contributed by atoms with Crippen molar-refractivity contribution >= 4 is 5.97 Å². The van der Waals surface area contributed by atoms with E-state index in [9.17, 15) is 9.90 Å². The van der Waals surface area contributed by atoms with Crippen LogP contribution in [-0.4, -0.2) is 11.1 Å². The molecule has 0 bridgehead atoms. The summed E-state index contributed by atoms with van der Waals surface area (Å²) in [7, 11) is 0. The average molecular weight is 254 g/mol. The molecule has 0 amide bonds. The normalized spacial score (nSPS) is 14.0. The molecular weight excluding hydrogens is 224 g/mol. The van der Waals surface area contributed by atoms with E-state index in [0.717, 1.165) is 25.7 Å². The van der Waals surface area contributed by atoms with E-state index in [-0.39, 0.29) is 11.3 Å². The molecule has 0 aromatic rings. The van der Waals surface area contributed by atoms with Crippen LogP contribution in [0.25, 0.3) is 0 Å². The molecule has 0 aromatic carbocycles. The summed E-state index contributed by atoms with van der Waals surface area (Å²) in [5.41, 5.74) is 0.0912. The lowest BCUT2D eigenvalue weighted by atomic mass is 9.83. The minimum Gasteiger partial charge on any atom is -0.481 e. The fourth-order valence-electron chi connectivity index (χ4n) is 2.10. The van der Waals surface area contributed by atoms with Gasteiger partial charge in [0.2, 0.25) is 0 Å². The number of aliphatic carboxylic acids is 1. The number of carbonyl (C=O) groups is 1. The van der Waals surface area contributed by atoms with Gasteiger partial charge in [-0.05, 0) is 37.5 Å². The molecule has 106 valence electrons. The molecule has 0 aliphatic carbocycles. The second-order valence-corrected chi connectivity index (χ2v) is 6.34. The minimum atomic E-state index is -0.649. The molecule has 0 spiro atoms. The van der Waals surface area contributed by atoms with Gasteiger partial charge in [-0.1, -0.05) is 52.7 Å². The monoisotopic (exact) mass is 254 g/mol. The summed E-state index contributed by atoms with van der Waals surface area (Å²) in [4.78, 5) is 11.2. The molecular formula is C16H30O2. The molecule has 0 heterocycles. The Morgan fingerprint density at radius 3 is 2.28 bits per heavy atom. The lowest BCUT2D eigenvalue weighted by Crippen LogP contribution is -2.20. The van der Waals surface area contributed by atoms with Gasteiger partial charge < -0.3 is 5.11 Å². The quantitative estimate of drug-likeness (QED) is 0.462. The highest BCUT2D eigenvalue weighted by molar-refractivity contribution is 5.70. The number of carboxylic acid groups (broad SMARTS) is 1. The van der Waals surface area contributed by atoms with E-state index >= 15 is 0 Å². The fraction of sp³-hybridized carbons (Fsp3) is 0.812. The van der Waals surface area contributed by atoms with Crippen LogP contribution < -0.4 is 0 Å². The summed E-state index contributed by atoms with van der Waals surface area (Å²) < 4.78 is 0. The number of carboxylic acids is 1. The van der Waals surface area contributed by atoms with Crippen molar-refractivity contribution < 1.29 is 9.90 Å². The Morgan fingerprint density at radius 1 is 1.17 bits per heavy atom. The van der Waals surface area contributed by atoms with Gasteiger partial charge in [0.25, 0.3) is 0 Å². The van der Waals surface area contributed by atoms with Gasteiger partial charge in [0, 0.05) is 0 Å². The number of rotatable bonds is 9. The lowest BCUT2D eigenvalue weighted by Gasteiger charge is -2.22. The molecule has 0 aromatic heterocycles. The van der Waals surface area contributed by atoms with Crippen molar-refractivity contribution in [1.29, 1.82) is 0 Å². The molecule has 0 saturated heterocycles. The van der Waals surface area contributed by atoms with Gasteiger partial charge in [-0.15, -0.1) is 0 Å². The number of allylic oxidation sites excluding steroid dienone is 2. The first-order valence-corrected chi connectivity index (χ1v) is 7.24. The van der Waals surface area contributed by atoms with E-state index < -0.39 is 5.97 Å². The molecule has 0 rings (SSSR count). The van der Waals surface area contributed by atoms with Crippen LogP contribution in [0.5, 0.6) is 0 Å². The van der Waals surface area contributed by atoms with Gasteiger partial charge in [-0.3, -0.25) is 4.79 Å². The van der Waals surface area contributed by atoms with Crippen LogP contribution in [0.3, 0.4) is 0 Å². The topological polar surface area (TPSA) is 37.3 Å². The van der Waals surface area contributed by atoms with E-state index in [2.05, 4.69) is 39.8 Å². The smallest absolute Gasteiger partial charge is 0.306 e. The van der Waals surface area contributed by atoms with Gasteiger partial charge in [0.05, 0.1) is 5.92 Å². The summed E-state index contributed by atoms with van der Waals surface area (Å²) in [5, 5.41) is 9.19. The Balaban J connectivity index is 3.88. The van der Waals surface area contributed by atoms with Crippen molar-refractivity contribution in [1.82, 2.24) is 0 Å². The number of hydrogen-bond donors (Lipinski definition) is 1. The van der Waals surface area contributed by atoms with Crippen LogP contribution >= 0.6 is 0 Å². The second kappa shape index (κ2) is 9.18. The summed E-state index contributed by atoms with van der Waals surface area (Å²) in [5.74, 6) is -0.852. The molecule has 0 radical (unpaired) electrons. The van der Waals surface area contributed by atoms with Crippen molar-refractivity contribution in [3.05, 3.63) is 12.2 Å². The van der Waals surface area contributed by atoms with Crippen molar-refractivity contribution in [2.75, 3.05) is 0 Å². The van der Waals surface area contributed by atoms with Crippen molar-refractivity contribution in [2.24, 2.45) is 11.3 Å². The Bertz CT molecular complexity index is 248. The van der Waals surface area contributed by atoms with Crippen LogP contribution in [0.2, 0.25) is 0 Å². The molecule has 0 aliphatic heterocycles. The molecule has 0 saturated carbocycles. The molecule has 1 N–H and O–H groups in total. The SMILES string of the molecule is CCCCCC=CCCC(CC(C)(C)C)C(=O)O. The fourth-order valence-corrected chi connectivity index (χ4v) is 2.10. The highest BCUT2D eigenvalue weighted by Crippen LogP contribution is 2.27. The molecule has 2 nitrogen and oxygen atoms in total. The largest absolute Gasteiger partial charge is 0.481 e. The Morgan fingerprint density at radius 2 is 1.78 bits per heavy atom. The highest BCUT2D eigenvalue weighted by Gasteiger charge is 2.23. The van der Waals surface area contributed by atoms with Crippen LogP contribution in [-0.2, 0) is 4.79 Å². The first-order chi connectivity index (χ1) is 8.37. The van der Waals surface area contributed by atoms with Crippen LogP contribution in [0, 0.1) is 11.3 Å². The second-order valence-electron chi connectivity index (χ2n) is 6.34. The van der Waals surface area contributed by atoms with E-state index in [1.54, 1.807) is 0 Å². The third-order valence-electron chi connectivity index (χ3n) is 3.03. The Kier molecular flexibility index (Phi) is 8.78. The van der Waals surface area contributed by atoms with Gasteiger partial charge in [0.15, 0.2) is 0 Å². The highest BCUT2D eigenvalue weighted by atomic mass is 16.4. The third kappa shape index (κ3) is 10.4. The number of hydrogen-bond acceptors (Lipinski definition) is 1. The van der Waals surface area contributed by atoms with Crippen LogP contribution in [0.1, 0.15) is 72.6 Å². The molecule has 1 unspecified atom stereocenters. The van der Waals surface area contributed by atoms with Gasteiger partial charge in [0.1, 0.15) is 0 Å². The minimum absolute atomic E-state index is 0.0912. The molecule has 1 atom stereocenters. The molecule has 2 heteroatoms. The first-order valence-electron chi connectivity index (χ1n) is 7.24. The Hall–Kier alpha value is -0.790. The standard InChI is InChI=1S/C16H30O2/c1-5-6-7-8-9-10-11-12-14(15(17)18)13-16(2,3)4/h9-10,14H,5-8,11-13H2,1-4H3,(H,17,18). The van der Waals surface area contributed by atoms with Crippen molar-refractivity contribution in [3.63, 3.8) is 0 Å². The van der Waals surface area contributed by atoms with E-state index in [1.165, 1.54) is 19.3 Å². The van der Waals surface area contributed by atoms with Crippen molar-refractivity contribution in [3.8, 4) is 0 Å². The zero-order valence-electron chi connectivity index (χ0n) is 12.5. The van der Waals surface area contributed by atoms with Gasteiger partial charge >= 0.3 is 5.97 Å². The first kappa shape index (κ1) is 17.2. The molecule has 0 fully saturated rings. The zero-order chi connectivity index (χ0) is 14.0. The zero-order valence-corrected chi connectivity index (χ0v) is 12.5. The molecule has 18 heavy (non-hydrogen) atoms. The van der Waals surface area contributed by atoms with E-state index in [4.69, 9.17) is 0 Å². The van der Waals surface area contributed by atoms with Crippen LogP contribution in [0.4, 0.5) is 0 Å². The maximum Gasteiger partial charge on any atom is 0.306 e. The third-order valence-corrected chi connectivity index (χ3v) is 3.03. The van der Waals surface area contributed by atoms with Crippen molar-refractivity contribution in [2.45, 2.75) is 72.6 Å². The summed E-state index contributed by atoms with van der Waals surface area (Å²) in [6.07, 6.45) is 11.7. The predicted octanol–water partition coefficient (Wildman–Crippen LogP) is 5.04. The maximum absolute atomic E-state index is 11.2. The van der Waals surface area contributed by atoms with E-state index in [1.807, 2.05) is 0 Å². The summed E-state index contributed by atoms with van der Waals surface area (Å²) in [6, 6.07) is 0. The van der Waals surface area contributed by atoms with Crippen LogP contribution in [0.15, 0.2) is 12.2 Å². The van der Waals surface area contributed by atoms with E-state index in [0.29, 0.717) is 0 Å². The van der Waals surface area contributed by atoms with Gasteiger partial charge in [-0.2, -0.15) is 0 Å². The molecule has 0 aliphatic rings. The number of unbranched alkanes of at least 4 members (excludes halogenated alkanes) is 3. The van der Waals surface area contributed by atoms with Gasteiger partial charge in [-0.25, -0.2) is 0 Å². The average Bonchev–Trinajstić information content (AvgIpc) is 2.24.